The smallest absolute Gasteiger partial charge is 0.304 e. The van der Waals surface area contributed by atoms with Crippen molar-refractivity contribution in [3.63, 3.8) is 0 Å². The van der Waals surface area contributed by atoms with Crippen molar-refractivity contribution in [2.45, 2.75) is 20.3 Å². The quantitative estimate of drug-likeness (QED) is 0.856. The van der Waals surface area contributed by atoms with Gasteiger partial charge in [0.1, 0.15) is 5.75 Å². The molecule has 0 aromatic heterocycles. The predicted octanol–water partition coefficient (Wildman–Crippen LogP) is 2.16. The van der Waals surface area contributed by atoms with Crippen LogP contribution in [0, 0.1) is 5.92 Å². The molecule has 1 rings (SSSR count). The fourth-order valence-electron chi connectivity index (χ4n) is 1.74. The van der Waals surface area contributed by atoms with Crippen molar-refractivity contribution in [1.29, 1.82) is 0 Å². The van der Waals surface area contributed by atoms with E-state index in [1.165, 1.54) is 4.90 Å². The molecule has 0 aliphatic carbocycles. The Morgan fingerprint density at radius 3 is 2.37 bits per heavy atom. The summed E-state index contributed by atoms with van der Waals surface area (Å²) >= 11 is 0. The summed E-state index contributed by atoms with van der Waals surface area (Å²) in [6, 6.07) is 7.11. The average molecular weight is 265 g/mol. The fourth-order valence-corrected chi connectivity index (χ4v) is 1.74. The summed E-state index contributed by atoms with van der Waals surface area (Å²) in [6.07, 6.45) is -0.166. The SMILES string of the molecule is CCOc1ccc(N(C)C(=O)C(C)CC(=O)O)cc1. The van der Waals surface area contributed by atoms with Gasteiger partial charge in [-0.05, 0) is 31.2 Å². The molecule has 1 unspecified atom stereocenters. The number of nitrogens with zero attached hydrogens (tertiary/aromatic N) is 1. The maximum atomic E-state index is 12.0. The van der Waals surface area contributed by atoms with Crippen molar-refractivity contribution in [2.75, 3.05) is 18.6 Å². The van der Waals surface area contributed by atoms with Gasteiger partial charge in [-0.2, -0.15) is 0 Å². The van der Waals surface area contributed by atoms with Gasteiger partial charge in [-0.25, -0.2) is 0 Å². The molecule has 0 aliphatic rings. The van der Waals surface area contributed by atoms with E-state index in [2.05, 4.69) is 0 Å². The first kappa shape index (κ1) is 15.0. The van der Waals surface area contributed by atoms with Crippen LogP contribution in [0.2, 0.25) is 0 Å². The van der Waals surface area contributed by atoms with Crippen LogP contribution in [0.25, 0.3) is 0 Å². The number of hydrogen-bond acceptors (Lipinski definition) is 3. The molecule has 0 aliphatic heterocycles. The van der Waals surface area contributed by atoms with Gasteiger partial charge in [-0.3, -0.25) is 9.59 Å². The molecule has 5 heteroatoms. The molecule has 19 heavy (non-hydrogen) atoms. The molecule has 0 bridgehead atoms. The van der Waals surface area contributed by atoms with Gasteiger partial charge in [0.25, 0.3) is 0 Å². The lowest BCUT2D eigenvalue weighted by Gasteiger charge is -2.21. The Balaban J connectivity index is 2.73. The summed E-state index contributed by atoms with van der Waals surface area (Å²) in [6.45, 7) is 4.10. The first-order valence-electron chi connectivity index (χ1n) is 6.18. The zero-order chi connectivity index (χ0) is 14.4. The summed E-state index contributed by atoms with van der Waals surface area (Å²) in [5.74, 6) is -0.993. The molecule has 1 amide bonds. The van der Waals surface area contributed by atoms with E-state index in [1.54, 1.807) is 38.2 Å². The Morgan fingerprint density at radius 2 is 1.89 bits per heavy atom. The zero-order valence-electron chi connectivity index (χ0n) is 11.4. The normalized spacial score (nSPS) is 11.7. The number of aliphatic carboxylic acids is 1. The number of benzene rings is 1. The summed E-state index contributed by atoms with van der Waals surface area (Å²) in [4.78, 5) is 24.1. The van der Waals surface area contributed by atoms with Gasteiger partial charge in [0.15, 0.2) is 0 Å². The molecule has 104 valence electrons. The number of hydrogen-bond donors (Lipinski definition) is 1. The fraction of sp³-hybridized carbons (Fsp3) is 0.429. The number of carboxylic acid groups (broad SMARTS) is 1. The van der Waals surface area contributed by atoms with Crippen LogP contribution in [0.4, 0.5) is 5.69 Å². The third-order valence-corrected chi connectivity index (χ3v) is 2.77. The number of carbonyl (C=O) groups is 2. The number of rotatable bonds is 6. The van der Waals surface area contributed by atoms with Crippen LogP contribution in [0.3, 0.4) is 0 Å². The second kappa shape index (κ2) is 6.78. The first-order chi connectivity index (χ1) is 8.95. The highest BCUT2D eigenvalue weighted by Gasteiger charge is 2.21. The minimum atomic E-state index is -0.971. The monoisotopic (exact) mass is 265 g/mol. The summed E-state index contributed by atoms with van der Waals surface area (Å²) in [5.41, 5.74) is 0.714. The van der Waals surface area contributed by atoms with Gasteiger partial charge in [0.2, 0.25) is 5.91 Å². The largest absolute Gasteiger partial charge is 0.494 e. The standard InChI is InChI=1S/C14H19NO4/c1-4-19-12-7-5-11(6-8-12)15(3)14(18)10(2)9-13(16)17/h5-8,10H,4,9H2,1-3H3,(H,16,17). The maximum absolute atomic E-state index is 12.0. The molecule has 1 aromatic carbocycles. The Hall–Kier alpha value is -2.04. The van der Waals surface area contributed by atoms with Crippen molar-refractivity contribution < 1.29 is 19.4 Å². The molecule has 0 saturated carbocycles. The second-order valence-electron chi connectivity index (χ2n) is 4.32. The van der Waals surface area contributed by atoms with Gasteiger partial charge in [0.05, 0.1) is 13.0 Å². The topological polar surface area (TPSA) is 66.8 Å². The molecule has 0 spiro atoms. The Kier molecular flexibility index (Phi) is 5.36. The molecule has 1 atom stereocenters. The molecule has 1 N–H and O–H groups in total. The summed E-state index contributed by atoms with van der Waals surface area (Å²) in [7, 11) is 1.64. The van der Waals surface area contributed by atoms with Crippen molar-refractivity contribution in [3.8, 4) is 5.75 Å². The molecule has 0 saturated heterocycles. The van der Waals surface area contributed by atoms with Crippen LogP contribution in [0.5, 0.6) is 5.75 Å². The Bertz CT molecular complexity index is 441. The van der Waals surface area contributed by atoms with Crippen LogP contribution in [-0.2, 0) is 9.59 Å². The highest BCUT2D eigenvalue weighted by molar-refractivity contribution is 5.95. The van der Waals surface area contributed by atoms with E-state index in [0.29, 0.717) is 12.3 Å². The van der Waals surface area contributed by atoms with E-state index in [9.17, 15) is 9.59 Å². The Morgan fingerprint density at radius 1 is 1.32 bits per heavy atom. The lowest BCUT2D eigenvalue weighted by atomic mass is 10.1. The minimum Gasteiger partial charge on any atom is -0.494 e. The van der Waals surface area contributed by atoms with E-state index >= 15 is 0 Å². The third-order valence-electron chi connectivity index (χ3n) is 2.77. The molecule has 1 aromatic rings. The predicted molar refractivity (Wildman–Crippen MR) is 72.4 cm³/mol. The number of carboxylic acids is 1. The van der Waals surface area contributed by atoms with Crippen molar-refractivity contribution in [2.24, 2.45) is 5.92 Å². The van der Waals surface area contributed by atoms with Gasteiger partial charge >= 0.3 is 5.97 Å². The lowest BCUT2D eigenvalue weighted by Crippen LogP contribution is -2.32. The minimum absolute atomic E-state index is 0.166. The van der Waals surface area contributed by atoms with Gasteiger partial charge < -0.3 is 14.7 Å². The number of amides is 1. The van der Waals surface area contributed by atoms with Crippen molar-refractivity contribution in [3.05, 3.63) is 24.3 Å². The Labute approximate surface area is 112 Å². The van der Waals surface area contributed by atoms with Crippen LogP contribution in [0.1, 0.15) is 20.3 Å². The van der Waals surface area contributed by atoms with Crippen LogP contribution in [-0.4, -0.2) is 30.6 Å². The van der Waals surface area contributed by atoms with Crippen LogP contribution in [0.15, 0.2) is 24.3 Å². The molecular formula is C14H19NO4. The number of anilines is 1. The summed E-state index contributed by atoms with van der Waals surface area (Å²) in [5, 5.41) is 8.69. The summed E-state index contributed by atoms with van der Waals surface area (Å²) < 4.78 is 5.32. The van der Waals surface area contributed by atoms with Crippen molar-refractivity contribution >= 4 is 17.6 Å². The zero-order valence-corrected chi connectivity index (χ0v) is 11.4. The van der Waals surface area contributed by atoms with E-state index in [4.69, 9.17) is 9.84 Å². The number of ether oxygens (including phenoxy) is 1. The second-order valence-corrected chi connectivity index (χ2v) is 4.32. The van der Waals surface area contributed by atoms with E-state index < -0.39 is 11.9 Å². The molecule has 0 fully saturated rings. The van der Waals surface area contributed by atoms with Gasteiger partial charge in [-0.1, -0.05) is 6.92 Å². The third kappa shape index (κ3) is 4.28. The van der Waals surface area contributed by atoms with Crippen LogP contribution >= 0.6 is 0 Å². The highest BCUT2D eigenvalue weighted by Crippen LogP contribution is 2.20. The molecular weight excluding hydrogens is 246 g/mol. The average Bonchev–Trinajstić information content (AvgIpc) is 2.37. The van der Waals surface area contributed by atoms with Gasteiger partial charge in [0, 0.05) is 18.7 Å². The molecule has 5 nitrogen and oxygen atoms in total. The number of carbonyl (C=O) groups excluding carboxylic acids is 1. The highest BCUT2D eigenvalue weighted by atomic mass is 16.5. The van der Waals surface area contributed by atoms with E-state index in [0.717, 1.165) is 5.75 Å². The molecule has 0 radical (unpaired) electrons. The van der Waals surface area contributed by atoms with Gasteiger partial charge in [-0.15, -0.1) is 0 Å². The van der Waals surface area contributed by atoms with Crippen molar-refractivity contribution in [1.82, 2.24) is 0 Å². The van der Waals surface area contributed by atoms with E-state index in [1.807, 2.05) is 6.92 Å². The maximum Gasteiger partial charge on any atom is 0.304 e. The van der Waals surface area contributed by atoms with Crippen LogP contribution < -0.4 is 9.64 Å². The lowest BCUT2D eigenvalue weighted by molar-refractivity contribution is -0.140. The first-order valence-corrected chi connectivity index (χ1v) is 6.18. The molecule has 0 heterocycles. The van der Waals surface area contributed by atoms with E-state index in [-0.39, 0.29) is 12.3 Å².